The molecule has 0 radical (unpaired) electrons. The first-order valence-electron chi connectivity index (χ1n) is 8.34. The largest absolute Gasteiger partial charge is 0.465 e. The number of carbonyl (C=O) groups is 2. The predicted octanol–water partition coefficient (Wildman–Crippen LogP) is 2.83. The second-order valence-electron chi connectivity index (χ2n) is 5.94. The number of ketones is 1. The van der Waals surface area contributed by atoms with Gasteiger partial charge in [-0.05, 0) is 12.5 Å². The molecule has 5 heteroatoms. The summed E-state index contributed by atoms with van der Waals surface area (Å²) in [6, 6.07) is 17.8. The van der Waals surface area contributed by atoms with Gasteiger partial charge >= 0.3 is 5.97 Å². The van der Waals surface area contributed by atoms with Crippen LogP contribution in [0.15, 0.2) is 60.7 Å². The van der Waals surface area contributed by atoms with E-state index >= 15 is 0 Å². The molecule has 0 aliphatic carbocycles. The molecule has 2 aromatic carbocycles. The molecular weight excluding hydrogens is 318 g/mol. The van der Waals surface area contributed by atoms with Crippen LogP contribution in [0.4, 0.5) is 0 Å². The summed E-state index contributed by atoms with van der Waals surface area (Å²) in [4.78, 5) is 31.3. The monoisotopic (exact) mass is 339 g/mol. The Morgan fingerprint density at radius 3 is 2.24 bits per heavy atom. The van der Waals surface area contributed by atoms with Gasteiger partial charge in [-0.2, -0.15) is 5.06 Å². The lowest BCUT2D eigenvalue weighted by molar-refractivity contribution is -0.168. The van der Waals surface area contributed by atoms with Gasteiger partial charge in [0, 0.05) is 18.5 Å². The highest BCUT2D eigenvalue weighted by atomic mass is 16.7. The fourth-order valence-electron chi connectivity index (χ4n) is 3.23. The van der Waals surface area contributed by atoms with E-state index in [1.807, 2.05) is 48.5 Å². The third kappa shape index (κ3) is 3.48. The molecule has 1 fully saturated rings. The van der Waals surface area contributed by atoms with Gasteiger partial charge in [0.2, 0.25) is 0 Å². The minimum absolute atomic E-state index is 0.145. The smallest absolute Gasteiger partial charge is 0.326 e. The summed E-state index contributed by atoms with van der Waals surface area (Å²) in [5.74, 6) is -0.965. The summed E-state index contributed by atoms with van der Waals surface area (Å²) in [5.41, 5.74) is 1.44. The normalized spacial score (nSPS) is 23.4. The quantitative estimate of drug-likeness (QED) is 0.619. The molecule has 0 aromatic heterocycles. The second-order valence-corrected chi connectivity index (χ2v) is 5.94. The first kappa shape index (κ1) is 17.3. The summed E-state index contributed by atoms with van der Waals surface area (Å²) in [6.07, 6.45) is -0.774. The van der Waals surface area contributed by atoms with Gasteiger partial charge in [0.05, 0.1) is 6.61 Å². The topological polar surface area (TPSA) is 55.8 Å². The predicted molar refractivity (Wildman–Crippen MR) is 93.0 cm³/mol. The van der Waals surface area contributed by atoms with E-state index in [9.17, 15) is 9.59 Å². The van der Waals surface area contributed by atoms with Crippen molar-refractivity contribution in [2.75, 3.05) is 13.7 Å². The number of esters is 1. The molecule has 1 aliphatic heterocycles. The molecule has 3 atom stereocenters. The van der Waals surface area contributed by atoms with E-state index in [1.165, 1.54) is 5.06 Å². The van der Waals surface area contributed by atoms with Crippen molar-refractivity contribution in [3.63, 3.8) is 0 Å². The first-order chi connectivity index (χ1) is 12.1. The van der Waals surface area contributed by atoms with Crippen LogP contribution in [0.3, 0.4) is 0 Å². The van der Waals surface area contributed by atoms with Crippen LogP contribution in [-0.4, -0.2) is 42.6 Å². The van der Waals surface area contributed by atoms with Gasteiger partial charge in [-0.1, -0.05) is 60.7 Å². The molecule has 1 saturated heterocycles. The Bertz CT molecular complexity index is 732. The summed E-state index contributed by atoms with van der Waals surface area (Å²) in [5, 5.41) is 1.45. The maximum absolute atomic E-state index is 13.0. The van der Waals surface area contributed by atoms with Crippen molar-refractivity contribution in [2.24, 2.45) is 0 Å². The molecule has 0 saturated carbocycles. The molecule has 25 heavy (non-hydrogen) atoms. The number of hydroxylamine groups is 2. The van der Waals surface area contributed by atoms with E-state index in [0.29, 0.717) is 5.56 Å². The maximum atomic E-state index is 13.0. The highest BCUT2D eigenvalue weighted by Crippen LogP contribution is 2.37. The fourth-order valence-corrected chi connectivity index (χ4v) is 3.23. The number of nitrogens with zero attached hydrogens (tertiary/aromatic N) is 1. The molecular formula is C20H21NO4. The molecule has 0 spiro atoms. The van der Waals surface area contributed by atoms with Crippen LogP contribution >= 0.6 is 0 Å². The van der Waals surface area contributed by atoms with E-state index in [0.717, 1.165) is 5.56 Å². The first-order valence-corrected chi connectivity index (χ1v) is 8.34. The second kappa shape index (κ2) is 7.59. The molecule has 1 heterocycles. The number of likely N-dealkylation sites (N-methyl/N-ethyl adjacent to an activating group) is 1. The highest BCUT2D eigenvalue weighted by Gasteiger charge is 2.50. The van der Waals surface area contributed by atoms with Crippen molar-refractivity contribution < 1.29 is 19.2 Å². The van der Waals surface area contributed by atoms with Gasteiger partial charge in [0.15, 0.2) is 11.9 Å². The van der Waals surface area contributed by atoms with Crippen LogP contribution in [0, 0.1) is 0 Å². The van der Waals surface area contributed by atoms with E-state index in [4.69, 9.17) is 9.57 Å². The van der Waals surface area contributed by atoms with Gasteiger partial charge in [0.1, 0.15) is 6.04 Å². The van der Waals surface area contributed by atoms with Crippen LogP contribution in [0.1, 0.15) is 28.8 Å². The third-order valence-electron chi connectivity index (χ3n) is 4.37. The zero-order valence-electron chi connectivity index (χ0n) is 14.3. The number of benzene rings is 2. The van der Waals surface area contributed by atoms with E-state index in [1.54, 1.807) is 26.1 Å². The average Bonchev–Trinajstić information content (AvgIpc) is 3.00. The van der Waals surface area contributed by atoms with Crippen molar-refractivity contribution in [2.45, 2.75) is 25.0 Å². The number of ether oxygens (including phenoxy) is 1. The number of rotatable bonds is 5. The van der Waals surface area contributed by atoms with Gasteiger partial charge in [-0.3, -0.25) is 14.4 Å². The average molecular weight is 339 g/mol. The van der Waals surface area contributed by atoms with Crippen LogP contribution in [0.25, 0.3) is 0 Å². The SMILES string of the molecule is CCOC(=O)[C@@H]1[C@@H](c2ccccc2)[C@H](C(=O)c2ccccc2)ON1C. The number of Topliss-reactive ketones (excluding diaryl/α,β-unsaturated/α-hetero) is 1. The highest BCUT2D eigenvalue weighted by molar-refractivity contribution is 6.01. The lowest BCUT2D eigenvalue weighted by Gasteiger charge is -2.21. The molecule has 130 valence electrons. The summed E-state index contributed by atoms with van der Waals surface area (Å²) in [7, 11) is 1.66. The van der Waals surface area contributed by atoms with Gasteiger partial charge in [-0.15, -0.1) is 0 Å². The Balaban J connectivity index is 1.99. The Hall–Kier alpha value is -2.50. The van der Waals surface area contributed by atoms with Crippen molar-refractivity contribution >= 4 is 11.8 Å². The summed E-state index contributed by atoms with van der Waals surface area (Å²) >= 11 is 0. The Labute approximate surface area is 147 Å². The van der Waals surface area contributed by atoms with Crippen molar-refractivity contribution in [3.05, 3.63) is 71.8 Å². The zero-order valence-corrected chi connectivity index (χ0v) is 14.3. The Kier molecular flexibility index (Phi) is 5.26. The minimum Gasteiger partial charge on any atom is -0.465 e. The van der Waals surface area contributed by atoms with E-state index in [-0.39, 0.29) is 18.4 Å². The van der Waals surface area contributed by atoms with E-state index in [2.05, 4.69) is 0 Å². The molecule has 0 bridgehead atoms. The van der Waals surface area contributed by atoms with Crippen molar-refractivity contribution in [1.29, 1.82) is 0 Å². The van der Waals surface area contributed by atoms with Crippen LogP contribution in [0.2, 0.25) is 0 Å². The molecule has 0 N–H and O–H groups in total. The van der Waals surface area contributed by atoms with Gasteiger partial charge in [0.25, 0.3) is 0 Å². The van der Waals surface area contributed by atoms with Crippen molar-refractivity contribution in [3.8, 4) is 0 Å². The lowest BCUT2D eigenvalue weighted by Crippen LogP contribution is -2.38. The van der Waals surface area contributed by atoms with E-state index < -0.39 is 18.1 Å². The number of hydrogen-bond acceptors (Lipinski definition) is 5. The standard InChI is InChI=1S/C20H21NO4/c1-3-24-20(23)17-16(14-10-6-4-7-11-14)19(25-21(17)2)18(22)15-12-8-5-9-13-15/h4-13,16-17,19H,3H2,1-2H3/t16-,17+,19-/m1/s1. The van der Waals surface area contributed by atoms with Crippen LogP contribution < -0.4 is 0 Å². The summed E-state index contributed by atoms with van der Waals surface area (Å²) in [6.45, 7) is 2.04. The van der Waals surface area contributed by atoms with Gasteiger partial charge in [-0.25, -0.2) is 0 Å². The Morgan fingerprint density at radius 1 is 1.04 bits per heavy atom. The maximum Gasteiger partial charge on any atom is 0.326 e. The zero-order chi connectivity index (χ0) is 17.8. The third-order valence-corrected chi connectivity index (χ3v) is 4.37. The fraction of sp³-hybridized carbons (Fsp3) is 0.300. The minimum atomic E-state index is -0.774. The lowest BCUT2D eigenvalue weighted by atomic mass is 9.84. The number of hydrogen-bond donors (Lipinski definition) is 0. The number of carbonyl (C=O) groups excluding carboxylic acids is 2. The van der Waals surface area contributed by atoms with Crippen LogP contribution in [0.5, 0.6) is 0 Å². The summed E-state index contributed by atoms with van der Waals surface area (Å²) < 4.78 is 5.21. The van der Waals surface area contributed by atoms with Crippen molar-refractivity contribution in [1.82, 2.24) is 5.06 Å². The molecule has 5 nitrogen and oxygen atoms in total. The molecule has 1 aliphatic rings. The molecule has 0 unspecified atom stereocenters. The Morgan fingerprint density at radius 2 is 1.64 bits per heavy atom. The molecule has 2 aromatic rings. The van der Waals surface area contributed by atoms with Gasteiger partial charge < -0.3 is 4.74 Å². The molecule has 0 amide bonds. The molecule has 3 rings (SSSR count). The van der Waals surface area contributed by atoms with Crippen LogP contribution in [-0.2, 0) is 14.4 Å².